The van der Waals surface area contributed by atoms with Gasteiger partial charge >= 0.3 is 0 Å². The number of nitrogens with one attached hydrogen (secondary N) is 1. The van der Waals surface area contributed by atoms with Crippen molar-refractivity contribution < 1.29 is 9.59 Å². The summed E-state index contributed by atoms with van der Waals surface area (Å²) in [6.45, 7) is 0.556. The summed E-state index contributed by atoms with van der Waals surface area (Å²) in [5.41, 5.74) is 5.94. The lowest BCUT2D eigenvalue weighted by Crippen LogP contribution is -2.40. The van der Waals surface area contributed by atoms with Gasteiger partial charge in [-0.25, -0.2) is 0 Å². The van der Waals surface area contributed by atoms with Crippen molar-refractivity contribution in [2.75, 3.05) is 25.1 Å². The number of hydrogen-bond donors (Lipinski definition) is 2. The molecule has 2 saturated carbocycles. The highest BCUT2D eigenvalue weighted by Gasteiger charge is 2.28. The average molecular weight is 364 g/mol. The first kappa shape index (κ1) is 20.6. The van der Waals surface area contributed by atoms with Crippen molar-refractivity contribution in [1.29, 1.82) is 0 Å². The molecule has 0 bridgehead atoms. The first-order valence-corrected chi connectivity index (χ1v) is 9.59. The lowest BCUT2D eigenvalue weighted by Gasteiger charge is -2.31. The fourth-order valence-corrected chi connectivity index (χ4v) is 3.75. The van der Waals surface area contributed by atoms with E-state index < -0.39 is 0 Å². The van der Waals surface area contributed by atoms with Crippen LogP contribution in [0.2, 0.25) is 0 Å². The van der Waals surface area contributed by atoms with Gasteiger partial charge in [0.2, 0.25) is 11.8 Å². The van der Waals surface area contributed by atoms with Crippen molar-refractivity contribution in [2.24, 2.45) is 11.7 Å². The summed E-state index contributed by atoms with van der Waals surface area (Å²) in [5, 5.41) is 2.86. The fourth-order valence-electron chi connectivity index (χ4n) is 2.98. The van der Waals surface area contributed by atoms with E-state index in [0.717, 1.165) is 12.8 Å². The second-order valence-corrected chi connectivity index (χ2v) is 7.58. The van der Waals surface area contributed by atoms with E-state index in [1.165, 1.54) is 43.9 Å². The Hall–Kier alpha value is -0.460. The zero-order valence-electron chi connectivity index (χ0n) is 14.0. The molecule has 1 unspecified atom stereocenters. The van der Waals surface area contributed by atoms with E-state index in [9.17, 15) is 9.59 Å². The Morgan fingerprint density at radius 3 is 2.43 bits per heavy atom. The van der Waals surface area contributed by atoms with Crippen LogP contribution in [0.1, 0.15) is 44.9 Å². The van der Waals surface area contributed by atoms with Gasteiger partial charge in [-0.2, -0.15) is 0 Å². The third-order valence-corrected chi connectivity index (χ3v) is 5.65. The van der Waals surface area contributed by atoms with Crippen LogP contribution in [0.4, 0.5) is 0 Å². The first-order chi connectivity index (χ1) is 10.6. The Morgan fingerprint density at radius 2 is 1.83 bits per heavy atom. The summed E-state index contributed by atoms with van der Waals surface area (Å²) in [6, 6.07) is 0.486. The summed E-state index contributed by atoms with van der Waals surface area (Å²) in [6.07, 6.45) is 8.34. The van der Waals surface area contributed by atoms with Crippen molar-refractivity contribution in [3.63, 3.8) is 0 Å². The number of hydrogen-bond acceptors (Lipinski definition) is 4. The average Bonchev–Trinajstić information content (AvgIpc) is 3.37. The van der Waals surface area contributed by atoms with Crippen LogP contribution in [0.3, 0.4) is 0 Å². The number of thioether (sulfide) groups is 1. The molecule has 3 N–H and O–H groups in total. The number of carbonyl (C=O) groups excluding carboxylic acids is 2. The van der Waals surface area contributed by atoms with E-state index in [2.05, 4.69) is 5.32 Å². The van der Waals surface area contributed by atoms with E-state index in [1.807, 2.05) is 11.9 Å². The molecule has 7 heteroatoms. The number of amides is 2. The number of halogens is 1. The van der Waals surface area contributed by atoms with Gasteiger partial charge < -0.3 is 16.0 Å². The molecule has 2 aliphatic rings. The monoisotopic (exact) mass is 363 g/mol. The molecule has 0 spiro atoms. The Balaban J connectivity index is 0.00000264. The predicted octanol–water partition coefficient (Wildman–Crippen LogP) is 1.79. The quantitative estimate of drug-likeness (QED) is 0.689. The van der Waals surface area contributed by atoms with Crippen LogP contribution in [0.5, 0.6) is 0 Å². The minimum atomic E-state index is -0.0192. The summed E-state index contributed by atoms with van der Waals surface area (Å²) in [7, 11) is 1.90. The molecule has 134 valence electrons. The Kier molecular flexibility index (Phi) is 9.32. The van der Waals surface area contributed by atoms with Crippen LogP contribution in [0, 0.1) is 5.92 Å². The van der Waals surface area contributed by atoms with Gasteiger partial charge in [-0.15, -0.1) is 24.2 Å². The second-order valence-electron chi connectivity index (χ2n) is 6.59. The maximum Gasteiger partial charge on any atom is 0.232 e. The maximum atomic E-state index is 12.1. The molecule has 2 fully saturated rings. The molecule has 2 amide bonds. The summed E-state index contributed by atoms with van der Waals surface area (Å²) < 4.78 is 0. The van der Waals surface area contributed by atoms with E-state index >= 15 is 0 Å². The summed E-state index contributed by atoms with van der Waals surface area (Å²) in [4.78, 5) is 25.8. The van der Waals surface area contributed by atoms with Crippen molar-refractivity contribution >= 4 is 36.0 Å². The third kappa shape index (κ3) is 7.31. The highest BCUT2D eigenvalue weighted by Crippen LogP contribution is 2.31. The van der Waals surface area contributed by atoms with Gasteiger partial charge in [-0.3, -0.25) is 9.59 Å². The molecular weight excluding hydrogens is 334 g/mol. The minimum absolute atomic E-state index is 0. The number of rotatable bonds is 8. The van der Waals surface area contributed by atoms with Gasteiger partial charge in [-0.05, 0) is 31.6 Å². The lowest BCUT2D eigenvalue weighted by molar-refractivity contribution is -0.129. The minimum Gasteiger partial charge on any atom is -0.354 e. The highest BCUT2D eigenvalue weighted by atomic mass is 35.5. The molecular formula is C16H30ClN3O2S. The van der Waals surface area contributed by atoms with Crippen LogP contribution in [0.25, 0.3) is 0 Å². The second kappa shape index (κ2) is 10.4. The first-order valence-electron chi connectivity index (χ1n) is 8.43. The van der Waals surface area contributed by atoms with Crippen molar-refractivity contribution in [3.8, 4) is 0 Å². The fraction of sp³-hybridized carbons (Fsp3) is 0.875. The summed E-state index contributed by atoms with van der Waals surface area (Å²) in [5.74, 6) is 1.43. The lowest BCUT2D eigenvalue weighted by atomic mass is 9.94. The van der Waals surface area contributed by atoms with Crippen molar-refractivity contribution in [2.45, 2.75) is 57.0 Å². The number of nitrogens with zero attached hydrogens (tertiary/aromatic N) is 1. The van der Waals surface area contributed by atoms with Gasteiger partial charge in [0.15, 0.2) is 0 Å². The molecule has 0 aliphatic heterocycles. The largest absolute Gasteiger partial charge is 0.354 e. The SMILES string of the molecule is CN(C(=O)CSCC(=O)NCC(N)C1CC1)C1CCCCC1.Cl. The van der Waals surface area contributed by atoms with Crippen LogP contribution in [0.15, 0.2) is 0 Å². The third-order valence-electron chi connectivity index (χ3n) is 4.74. The topological polar surface area (TPSA) is 75.4 Å². The smallest absolute Gasteiger partial charge is 0.232 e. The van der Waals surface area contributed by atoms with Crippen LogP contribution in [-0.2, 0) is 9.59 Å². The summed E-state index contributed by atoms with van der Waals surface area (Å²) >= 11 is 1.39. The molecule has 0 aromatic heterocycles. The van der Waals surface area contributed by atoms with Gasteiger partial charge in [0.1, 0.15) is 0 Å². The van der Waals surface area contributed by atoms with Gasteiger partial charge in [0.25, 0.3) is 0 Å². The van der Waals surface area contributed by atoms with Crippen molar-refractivity contribution in [1.82, 2.24) is 10.2 Å². The van der Waals surface area contributed by atoms with E-state index in [-0.39, 0.29) is 30.3 Å². The molecule has 1 atom stereocenters. The number of nitrogens with two attached hydrogens (primary N) is 1. The molecule has 0 aromatic rings. The van der Waals surface area contributed by atoms with Crippen molar-refractivity contribution in [3.05, 3.63) is 0 Å². The molecule has 5 nitrogen and oxygen atoms in total. The van der Waals surface area contributed by atoms with Crippen LogP contribution >= 0.6 is 24.2 Å². The van der Waals surface area contributed by atoms with Crippen LogP contribution in [-0.4, -0.2) is 53.9 Å². The molecule has 0 heterocycles. The Bertz CT molecular complexity index is 388. The van der Waals surface area contributed by atoms with Gasteiger partial charge in [0, 0.05) is 25.7 Å². The van der Waals surface area contributed by atoms with E-state index in [4.69, 9.17) is 5.73 Å². The molecule has 2 aliphatic carbocycles. The molecule has 2 rings (SSSR count). The highest BCUT2D eigenvalue weighted by molar-refractivity contribution is 8.00. The standard InChI is InChI=1S/C16H29N3O2S.ClH/c1-19(13-5-3-2-4-6-13)16(21)11-22-10-15(20)18-9-14(17)12-7-8-12;/h12-14H,2-11,17H2,1H3,(H,18,20);1H. The van der Waals surface area contributed by atoms with Gasteiger partial charge in [-0.1, -0.05) is 19.3 Å². The van der Waals surface area contributed by atoms with E-state index in [1.54, 1.807) is 0 Å². The molecule has 23 heavy (non-hydrogen) atoms. The normalized spacial score (nSPS) is 19.6. The van der Waals surface area contributed by atoms with Crippen LogP contribution < -0.4 is 11.1 Å². The predicted molar refractivity (Wildman–Crippen MR) is 97.9 cm³/mol. The molecule has 0 saturated heterocycles. The zero-order valence-corrected chi connectivity index (χ0v) is 15.6. The van der Waals surface area contributed by atoms with Gasteiger partial charge in [0.05, 0.1) is 11.5 Å². The Morgan fingerprint density at radius 1 is 1.17 bits per heavy atom. The zero-order chi connectivity index (χ0) is 15.9. The number of carbonyl (C=O) groups is 2. The maximum absolute atomic E-state index is 12.1. The molecule has 0 aromatic carbocycles. The molecule has 0 radical (unpaired) electrons. The Labute approximate surface area is 149 Å². The van der Waals surface area contributed by atoms with E-state index in [0.29, 0.717) is 30.0 Å².